The molecule has 0 aliphatic rings. The van der Waals surface area contributed by atoms with Gasteiger partial charge in [0.1, 0.15) is 12.4 Å². The van der Waals surface area contributed by atoms with Crippen LogP contribution in [-0.2, 0) is 16.1 Å². The Labute approximate surface area is 127 Å². The maximum Gasteiger partial charge on any atom is 0.320 e. The van der Waals surface area contributed by atoms with E-state index in [9.17, 15) is 4.79 Å². The van der Waals surface area contributed by atoms with Crippen molar-refractivity contribution < 1.29 is 14.3 Å². The van der Waals surface area contributed by atoms with E-state index in [2.05, 4.69) is 0 Å². The molecule has 0 bridgehead atoms. The van der Waals surface area contributed by atoms with Crippen LogP contribution in [0.5, 0.6) is 5.75 Å². The zero-order valence-corrected chi connectivity index (χ0v) is 13.2. The molecule has 2 N–H and O–H groups in total. The monoisotopic (exact) mass is 294 g/mol. The summed E-state index contributed by atoms with van der Waals surface area (Å²) in [7, 11) is 0. The first-order chi connectivity index (χ1) is 10.1. The number of rotatable bonds is 9. The highest BCUT2D eigenvalue weighted by molar-refractivity contribution is 5.71. The Balaban J connectivity index is 2.48. The van der Waals surface area contributed by atoms with Crippen LogP contribution in [0, 0.1) is 0 Å². The highest BCUT2D eigenvalue weighted by Crippen LogP contribution is 2.17. The molecular weight excluding hydrogens is 268 g/mol. The van der Waals surface area contributed by atoms with Crippen LogP contribution in [0.15, 0.2) is 24.3 Å². The Hall–Kier alpha value is -1.59. The summed E-state index contributed by atoms with van der Waals surface area (Å²) in [5.41, 5.74) is 6.66. The van der Waals surface area contributed by atoms with Gasteiger partial charge in [-0.05, 0) is 26.8 Å². The first-order valence-electron chi connectivity index (χ1n) is 7.38. The SMILES string of the molecule is CCOC(=O)CN(CCOc1ccccc1CN)C(C)C. The van der Waals surface area contributed by atoms with E-state index < -0.39 is 0 Å². The average Bonchev–Trinajstić information content (AvgIpc) is 2.46. The number of benzene rings is 1. The van der Waals surface area contributed by atoms with E-state index in [0.29, 0.717) is 26.3 Å². The molecule has 0 unspecified atom stereocenters. The molecule has 1 aromatic rings. The lowest BCUT2D eigenvalue weighted by atomic mass is 10.2. The number of hydrogen-bond acceptors (Lipinski definition) is 5. The van der Waals surface area contributed by atoms with Crippen LogP contribution in [0.4, 0.5) is 0 Å². The van der Waals surface area contributed by atoms with Gasteiger partial charge in [-0.2, -0.15) is 0 Å². The van der Waals surface area contributed by atoms with Crippen molar-refractivity contribution in [3.05, 3.63) is 29.8 Å². The number of nitrogens with two attached hydrogens (primary N) is 1. The number of carbonyl (C=O) groups excluding carboxylic acids is 1. The van der Waals surface area contributed by atoms with Gasteiger partial charge in [-0.1, -0.05) is 18.2 Å². The third kappa shape index (κ3) is 6.14. The number of esters is 1. The molecule has 5 heteroatoms. The summed E-state index contributed by atoms with van der Waals surface area (Å²) in [5.74, 6) is 0.605. The van der Waals surface area contributed by atoms with E-state index >= 15 is 0 Å². The van der Waals surface area contributed by atoms with Gasteiger partial charge in [-0.25, -0.2) is 0 Å². The second-order valence-corrected chi connectivity index (χ2v) is 5.03. The van der Waals surface area contributed by atoms with Crippen LogP contribution >= 0.6 is 0 Å². The predicted octanol–water partition coefficient (Wildman–Crippen LogP) is 1.80. The van der Waals surface area contributed by atoms with E-state index in [1.807, 2.05) is 49.9 Å². The lowest BCUT2D eigenvalue weighted by Gasteiger charge is -2.25. The van der Waals surface area contributed by atoms with Crippen LogP contribution < -0.4 is 10.5 Å². The Morgan fingerprint density at radius 2 is 2.05 bits per heavy atom. The summed E-state index contributed by atoms with van der Waals surface area (Å²) in [5, 5.41) is 0. The summed E-state index contributed by atoms with van der Waals surface area (Å²) in [6.07, 6.45) is 0. The van der Waals surface area contributed by atoms with Crippen molar-refractivity contribution in [1.82, 2.24) is 4.90 Å². The molecule has 0 atom stereocenters. The van der Waals surface area contributed by atoms with Crippen molar-refractivity contribution in [2.45, 2.75) is 33.4 Å². The molecule has 0 aliphatic heterocycles. The van der Waals surface area contributed by atoms with Crippen molar-refractivity contribution >= 4 is 5.97 Å². The molecule has 0 radical (unpaired) electrons. The van der Waals surface area contributed by atoms with Crippen molar-refractivity contribution in [1.29, 1.82) is 0 Å². The Kier molecular flexibility index (Phi) is 7.79. The Morgan fingerprint density at radius 1 is 1.33 bits per heavy atom. The van der Waals surface area contributed by atoms with Crippen molar-refractivity contribution in [2.24, 2.45) is 5.73 Å². The van der Waals surface area contributed by atoms with Crippen molar-refractivity contribution in [3.63, 3.8) is 0 Å². The molecule has 0 aliphatic carbocycles. The zero-order chi connectivity index (χ0) is 15.7. The summed E-state index contributed by atoms with van der Waals surface area (Å²) >= 11 is 0. The van der Waals surface area contributed by atoms with Gasteiger partial charge >= 0.3 is 5.97 Å². The number of para-hydroxylation sites is 1. The quantitative estimate of drug-likeness (QED) is 0.704. The van der Waals surface area contributed by atoms with Crippen molar-refractivity contribution in [2.75, 3.05) is 26.3 Å². The second-order valence-electron chi connectivity index (χ2n) is 5.03. The van der Waals surface area contributed by atoms with Crippen LogP contribution in [0.1, 0.15) is 26.3 Å². The van der Waals surface area contributed by atoms with Crippen LogP contribution in [0.3, 0.4) is 0 Å². The Morgan fingerprint density at radius 3 is 2.67 bits per heavy atom. The lowest BCUT2D eigenvalue weighted by Crippen LogP contribution is -2.39. The van der Waals surface area contributed by atoms with Crippen LogP contribution in [-0.4, -0.2) is 43.2 Å². The van der Waals surface area contributed by atoms with Crippen molar-refractivity contribution in [3.8, 4) is 5.75 Å². The molecule has 5 nitrogen and oxygen atoms in total. The number of ether oxygens (including phenoxy) is 2. The fourth-order valence-corrected chi connectivity index (χ4v) is 1.98. The highest BCUT2D eigenvalue weighted by Gasteiger charge is 2.15. The third-order valence-electron chi connectivity index (χ3n) is 3.20. The van der Waals surface area contributed by atoms with Gasteiger partial charge in [-0.3, -0.25) is 9.69 Å². The fraction of sp³-hybridized carbons (Fsp3) is 0.562. The van der Waals surface area contributed by atoms with E-state index in [0.717, 1.165) is 11.3 Å². The minimum Gasteiger partial charge on any atom is -0.492 e. The molecule has 0 saturated heterocycles. The topological polar surface area (TPSA) is 64.8 Å². The molecule has 118 valence electrons. The van der Waals surface area contributed by atoms with E-state index in [1.165, 1.54) is 0 Å². The number of hydrogen-bond donors (Lipinski definition) is 1. The number of carbonyl (C=O) groups is 1. The predicted molar refractivity (Wildman–Crippen MR) is 83.2 cm³/mol. The fourth-order valence-electron chi connectivity index (χ4n) is 1.98. The van der Waals surface area contributed by atoms with Gasteiger partial charge in [0.15, 0.2) is 0 Å². The molecule has 0 heterocycles. The normalized spacial score (nSPS) is 11.0. The van der Waals surface area contributed by atoms with Gasteiger partial charge in [0, 0.05) is 24.7 Å². The van der Waals surface area contributed by atoms with Gasteiger partial charge in [-0.15, -0.1) is 0 Å². The summed E-state index contributed by atoms with van der Waals surface area (Å²) < 4.78 is 10.8. The molecule has 1 rings (SSSR count). The smallest absolute Gasteiger partial charge is 0.320 e. The minimum absolute atomic E-state index is 0.200. The zero-order valence-electron chi connectivity index (χ0n) is 13.2. The largest absolute Gasteiger partial charge is 0.492 e. The van der Waals surface area contributed by atoms with E-state index in [4.69, 9.17) is 15.2 Å². The van der Waals surface area contributed by atoms with Crippen LogP contribution in [0.2, 0.25) is 0 Å². The average molecular weight is 294 g/mol. The summed E-state index contributed by atoms with van der Waals surface area (Å²) in [4.78, 5) is 13.6. The van der Waals surface area contributed by atoms with Gasteiger partial charge in [0.25, 0.3) is 0 Å². The third-order valence-corrected chi connectivity index (χ3v) is 3.20. The first-order valence-corrected chi connectivity index (χ1v) is 7.38. The summed E-state index contributed by atoms with van der Waals surface area (Å²) in [6.45, 7) is 8.22. The second kappa shape index (κ2) is 9.37. The molecular formula is C16H26N2O3. The number of nitrogens with zero attached hydrogens (tertiary/aromatic N) is 1. The maximum atomic E-state index is 11.6. The van der Waals surface area contributed by atoms with Gasteiger partial charge in [0.05, 0.1) is 13.2 Å². The molecule has 1 aromatic carbocycles. The molecule has 0 aromatic heterocycles. The lowest BCUT2D eigenvalue weighted by molar-refractivity contribution is -0.145. The Bertz CT molecular complexity index is 435. The molecule has 21 heavy (non-hydrogen) atoms. The van der Waals surface area contributed by atoms with Gasteiger partial charge < -0.3 is 15.2 Å². The highest BCUT2D eigenvalue weighted by atomic mass is 16.5. The standard InChI is InChI=1S/C16H26N2O3/c1-4-20-16(19)12-18(13(2)3)9-10-21-15-8-6-5-7-14(15)11-17/h5-8,13H,4,9-12,17H2,1-3H3. The maximum absolute atomic E-state index is 11.6. The molecule has 0 spiro atoms. The van der Waals surface area contributed by atoms with Gasteiger partial charge in [0.2, 0.25) is 0 Å². The van der Waals surface area contributed by atoms with Crippen LogP contribution in [0.25, 0.3) is 0 Å². The molecule has 0 fully saturated rings. The minimum atomic E-state index is -0.200. The molecule has 0 amide bonds. The first kappa shape index (κ1) is 17.5. The van der Waals surface area contributed by atoms with E-state index in [-0.39, 0.29) is 18.6 Å². The summed E-state index contributed by atoms with van der Waals surface area (Å²) in [6, 6.07) is 7.98. The van der Waals surface area contributed by atoms with E-state index in [1.54, 1.807) is 0 Å². The molecule has 0 saturated carbocycles.